The van der Waals surface area contributed by atoms with Gasteiger partial charge in [0, 0.05) is 6.20 Å². The van der Waals surface area contributed by atoms with Gasteiger partial charge >= 0.3 is 0 Å². The Bertz CT molecular complexity index is 643. The zero-order valence-electron chi connectivity index (χ0n) is 9.93. The van der Waals surface area contributed by atoms with E-state index >= 15 is 0 Å². The van der Waals surface area contributed by atoms with Gasteiger partial charge in [-0.1, -0.05) is 13.2 Å². The summed E-state index contributed by atoms with van der Waals surface area (Å²) >= 11 is 0. The lowest BCUT2D eigenvalue weighted by Crippen LogP contribution is -1.98. The molecule has 0 radical (unpaired) electrons. The van der Waals surface area contributed by atoms with Crippen LogP contribution < -0.4 is 0 Å². The van der Waals surface area contributed by atoms with E-state index < -0.39 is 0 Å². The fourth-order valence-electron chi connectivity index (χ4n) is 1.53. The average molecular weight is 245 g/mol. The standard InChI is InChI=1S/C13H12FN3O/c1-4-13(18-3)16-9(2)11-7-15-12-6-5-10(14)8-17(11)12/h4-8H,1-2H2,3H3. The van der Waals surface area contributed by atoms with Crippen LogP contribution in [0.2, 0.25) is 0 Å². The quantitative estimate of drug-likeness (QED) is 0.616. The van der Waals surface area contributed by atoms with Crippen molar-refractivity contribution in [3.05, 3.63) is 55.3 Å². The van der Waals surface area contributed by atoms with Crippen LogP contribution in [0.1, 0.15) is 5.69 Å². The number of methoxy groups -OCH3 is 1. The summed E-state index contributed by atoms with van der Waals surface area (Å²) in [4.78, 5) is 8.27. The summed E-state index contributed by atoms with van der Waals surface area (Å²) < 4.78 is 19.7. The molecule has 2 heterocycles. The number of nitrogens with zero attached hydrogens (tertiary/aromatic N) is 3. The lowest BCUT2D eigenvalue weighted by atomic mass is 10.3. The summed E-state index contributed by atoms with van der Waals surface area (Å²) in [6.07, 6.45) is 4.38. The normalized spacial score (nSPS) is 11.6. The second kappa shape index (κ2) is 4.83. The van der Waals surface area contributed by atoms with Crippen LogP contribution in [0.15, 0.2) is 48.8 Å². The first-order valence-electron chi connectivity index (χ1n) is 5.22. The van der Waals surface area contributed by atoms with Gasteiger partial charge in [-0.15, -0.1) is 0 Å². The van der Waals surface area contributed by atoms with Gasteiger partial charge in [0.05, 0.1) is 24.7 Å². The first-order valence-corrected chi connectivity index (χ1v) is 5.22. The van der Waals surface area contributed by atoms with Crippen molar-refractivity contribution in [3.63, 3.8) is 0 Å². The first kappa shape index (κ1) is 12.0. The van der Waals surface area contributed by atoms with E-state index in [2.05, 4.69) is 23.1 Å². The SMILES string of the molecule is C=CC(=NC(=C)c1cnc2ccc(F)cn12)OC. The van der Waals surface area contributed by atoms with E-state index in [0.29, 0.717) is 22.9 Å². The smallest absolute Gasteiger partial charge is 0.212 e. The molecule has 5 heteroatoms. The van der Waals surface area contributed by atoms with Gasteiger partial charge in [-0.05, 0) is 18.2 Å². The van der Waals surface area contributed by atoms with Crippen molar-refractivity contribution >= 4 is 17.2 Å². The van der Waals surface area contributed by atoms with Gasteiger partial charge in [0.25, 0.3) is 0 Å². The Kier molecular flexibility index (Phi) is 3.23. The molecule has 2 aromatic heterocycles. The maximum atomic E-state index is 13.2. The predicted molar refractivity (Wildman–Crippen MR) is 68.8 cm³/mol. The molecule has 2 aromatic rings. The number of ether oxygens (including phenoxy) is 1. The Labute approximate surface area is 104 Å². The lowest BCUT2D eigenvalue weighted by Gasteiger charge is -2.03. The van der Waals surface area contributed by atoms with E-state index in [9.17, 15) is 4.39 Å². The molecule has 0 bridgehead atoms. The molecule has 18 heavy (non-hydrogen) atoms. The molecular formula is C13H12FN3O. The Hall–Kier alpha value is -2.43. The number of hydrogen-bond donors (Lipinski definition) is 0. The molecule has 0 aliphatic carbocycles. The number of aromatic nitrogens is 2. The zero-order valence-corrected chi connectivity index (χ0v) is 9.93. The molecule has 0 unspecified atom stereocenters. The Morgan fingerprint density at radius 1 is 1.56 bits per heavy atom. The van der Waals surface area contributed by atoms with Crippen molar-refractivity contribution in [3.8, 4) is 0 Å². The van der Waals surface area contributed by atoms with Crippen molar-refractivity contribution in [2.45, 2.75) is 0 Å². The minimum atomic E-state index is -0.353. The summed E-state index contributed by atoms with van der Waals surface area (Å²) in [7, 11) is 1.49. The van der Waals surface area contributed by atoms with Gasteiger partial charge in [0.15, 0.2) is 0 Å². The van der Waals surface area contributed by atoms with Crippen LogP contribution in [0.4, 0.5) is 4.39 Å². The fourth-order valence-corrected chi connectivity index (χ4v) is 1.53. The predicted octanol–water partition coefficient (Wildman–Crippen LogP) is 2.68. The Morgan fingerprint density at radius 3 is 3.00 bits per heavy atom. The van der Waals surface area contributed by atoms with Crippen LogP contribution in [-0.4, -0.2) is 22.4 Å². The molecule has 4 nitrogen and oxygen atoms in total. The molecule has 2 rings (SSSR count). The average Bonchev–Trinajstić information content (AvgIpc) is 2.78. The summed E-state index contributed by atoms with van der Waals surface area (Å²) in [5, 5.41) is 0. The third-order valence-corrected chi connectivity index (χ3v) is 2.39. The summed E-state index contributed by atoms with van der Waals surface area (Å²) in [6.45, 7) is 7.38. The van der Waals surface area contributed by atoms with Gasteiger partial charge in [0.1, 0.15) is 11.5 Å². The number of fused-ring (bicyclic) bond motifs is 1. The van der Waals surface area contributed by atoms with E-state index in [4.69, 9.17) is 4.74 Å². The zero-order chi connectivity index (χ0) is 13.1. The molecule has 0 saturated carbocycles. The molecule has 0 aliphatic rings. The highest BCUT2D eigenvalue weighted by Gasteiger charge is 2.07. The molecular weight excluding hydrogens is 233 g/mol. The Balaban J connectivity index is 2.48. The number of pyridine rings is 1. The maximum Gasteiger partial charge on any atom is 0.212 e. The van der Waals surface area contributed by atoms with E-state index in [1.54, 1.807) is 16.7 Å². The van der Waals surface area contributed by atoms with Crippen LogP contribution in [0.5, 0.6) is 0 Å². The van der Waals surface area contributed by atoms with Crippen molar-refractivity contribution in [1.29, 1.82) is 0 Å². The summed E-state index contributed by atoms with van der Waals surface area (Å²) in [5.74, 6) is -0.0134. The minimum absolute atomic E-state index is 0.339. The highest BCUT2D eigenvalue weighted by Crippen LogP contribution is 2.17. The molecule has 0 spiro atoms. The monoisotopic (exact) mass is 245 g/mol. The maximum absolute atomic E-state index is 13.2. The van der Waals surface area contributed by atoms with Gasteiger partial charge in [-0.2, -0.15) is 0 Å². The minimum Gasteiger partial charge on any atom is -0.481 e. The number of aliphatic imine (C=N–C) groups is 1. The topological polar surface area (TPSA) is 38.9 Å². The highest BCUT2D eigenvalue weighted by atomic mass is 19.1. The second-order valence-electron chi connectivity index (χ2n) is 3.52. The van der Waals surface area contributed by atoms with Gasteiger partial charge in [0.2, 0.25) is 5.90 Å². The van der Waals surface area contributed by atoms with Crippen LogP contribution in [0.25, 0.3) is 11.3 Å². The third-order valence-electron chi connectivity index (χ3n) is 2.39. The van der Waals surface area contributed by atoms with Crippen LogP contribution in [0.3, 0.4) is 0 Å². The van der Waals surface area contributed by atoms with E-state index in [-0.39, 0.29) is 5.82 Å². The molecule has 0 aliphatic heterocycles. The number of rotatable bonds is 3. The van der Waals surface area contributed by atoms with Gasteiger partial charge in [-0.25, -0.2) is 14.4 Å². The van der Waals surface area contributed by atoms with E-state index in [1.807, 2.05) is 0 Å². The molecule has 0 fully saturated rings. The molecule has 0 atom stereocenters. The van der Waals surface area contributed by atoms with E-state index in [1.165, 1.54) is 25.4 Å². The van der Waals surface area contributed by atoms with Gasteiger partial charge < -0.3 is 4.74 Å². The van der Waals surface area contributed by atoms with Crippen LogP contribution in [0, 0.1) is 5.82 Å². The van der Waals surface area contributed by atoms with Crippen molar-refractivity contribution in [2.24, 2.45) is 4.99 Å². The highest BCUT2D eigenvalue weighted by molar-refractivity contribution is 5.91. The third kappa shape index (κ3) is 2.15. The second-order valence-corrected chi connectivity index (χ2v) is 3.52. The number of hydrogen-bond acceptors (Lipinski definition) is 3. The molecule has 0 amide bonds. The summed E-state index contributed by atoms with van der Waals surface area (Å²) in [6, 6.07) is 2.93. The molecule has 0 aromatic carbocycles. The molecule has 0 N–H and O–H groups in total. The lowest BCUT2D eigenvalue weighted by molar-refractivity contribution is 0.407. The fraction of sp³-hybridized carbons (Fsp3) is 0.0769. The molecule has 0 saturated heterocycles. The number of imidazole rings is 1. The van der Waals surface area contributed by atoms with Crippen molar-refractivity contribution in [1.82, 2.24) is 9.38 Å². The number of halogens is 1. The van der Waals surface area contributed by atoms with Crippen LogP contribution in [-0.2, 0) is 4.74 Å². The largest absolute Gasteiger partial charge is 0.481 e. The summed E-state index contributed by atoms with van der Waals surface area (Å²) in [5.41, 5.74) is 1.64. The van der Waals surface area contributed by atoms with Crippen molar-refractivity contribution in [2.75, 3.05) is 7.11 Å². The van der Waals surface area contributed by atoms with Crippen molar-refractivity contribution < 1.29 is 9.13 Å². The first-order chi connectivity index (χ1) is 8.65. The molecule has 92 valence electrons. The van der Waals surface area contributed by atoms with Crippen LogP contribution >= 0.6 is 0 Å². The van der Waals surface area contributed by atoms with Gasteiger partial charge in [-0.3, -0.25) is 4.40 Å². The van der Waals surface area contributed by atoms with E-state index in [0.717, 1.165) is 0 Å². The Morgan fingerprint density at radius 2 is 2.33 bits per heavy atom.